The zero-order valence-electron chi connectivity index (χ0n) is 4.21. The van der Waals surface area contributed by atoms with Gasteiger partial charge in [0.05, 0.1) is 11.0 Å². The fourth-order valence-corrected chi connectivity index (χ4v) is 0.496. The molecule has 1 rings (SSSR count). The Morgan fingerprint density at radius 1 is 1.33 bits per heavy atom. The first-order chi connectivity index (χ1) is 3.94. The number of rotatable bonds is 0. The van der Waals surface area contributed by atoms with Crippen LogP contribution in [-0.4, -0.2) is 0 Å². The molecule has 0 fully saturated rings. The standard InChI is InChI=1S/C4H3F3N2/c5-4(6,7)1-2(8)3(1)9/h8H,9H2. The fraction of sp³-hybridized carbons (Fsp3) is 0.250. The van der Waals surface area contributed by atoms with E-state index < -0.39 is 22.8 Å². The average molecular weight is 136 g/mol. The summed E-state index contributed by atoms with van der Waals surface area (Å²) < 4.78 is 34.4. The van der Waals surface area contributed by atoms with E-state index in [1.54, 1.807) is 0 Å². The Morgan fingerprint density at radius 2 is 1.67 bits per heavy atom. The number of anilines is 1. The van der Waals surface area contributed by atoms with Crippen LogP contribution in [0.5, 0.6) is 0 Å². The molecule has 0 saturated carbocycles. The molecule has 0 aliphatic heterocycles. The van der Waals surface area contributed by atoms with Gasteiger partial charge in [-0.15, -0.1) is 0 Å². The van der Waals surface area contributed by atoms with Gasteiger partial charge in [0, 0.05) is 0 Å². The largest absolute Gasteiger partial charge is 0.420 e. The maximum absolute atomic E-state index is 11.5. The Kier molecular flexibility index (Phi) is 0.875. The smallest absolute Gasteiger partial charge is 0.396 e. The first kappa shape index (κ1) is 6.12. The number of nitrogens with two attached hydrogens (primary N) is 1. The lowest BCUT2D eigenvalue weighted by Crippen LogP contribution is -2.02. The van der Waals surface area contributed by atoms with Gasteiger partial charge in [0.15, 0.2) is 0 Å². The maximum atomic E-state index is 11.5. The minimum absolute atomic E-state index is 0.428. The number of halogens is 3. The second-order valence-electron chi connectivity index (χ2n) is 1.66. The van der Waals surface area contributed by atoms with E-state index >= 15 is 0 Å². The van der Waals surface area contributed by atoms with Crippen LogP contribution in [-0.2, 0) is 6.18 Å². The van der Waals surface area contributed by atoms with E-state index in [4.69, 9.17) is 11.1 Å². The lowest BCUT2D eigenvalue weighted by molar-refractivity contribution is -0.134. The van der Waals surface area contributed by atoms with Crippen LogP contribution in [0.25, 0.3) is 0 Å². The monoisotopic (exact) mass is 136 g/mol. The summed E-state index contributed by atoms with van der Waals surface area (Å²) in [7, 11) is 0. The molecule has 0 radical (unpaired) electrons. The Labute approximate surface area is 48.3 Å². The van der Waals surface area contributed by atoms with Crippen molar-refractivity contribution >= 4 is 5.69 Å². The molecule has 0 aliphatic rings. The van der Waals surface area contributed by atoms with Crippen molar-refractivity contribution in [2.24, 2.45) is 0 Å². The molecule has 9 heavy (non-hydrogen) atoms. The molecule has 0 spiro atoms. The molecular formula is C4H3F3N2. The third-order valence-corrected chi connectivity index (χ3v) is 1.01. The van der Waals surface area contributed by atoms with Crippen molar-refractivity contribution < 1.29 is 13.2 Å². The van der Waals surface area contributed by atoms with E-state index in [1.165, 1.54) is 0 Å². The Morgan fingerprint density at radius 3 is 1.67 bits per heavy atom. The highest BCUT2D eigenvalue weighted by molar-refractivity contribution is 5.60. The molecule has 0 heterocycles. The van der Waals surface area contributed by atoms with Crippen molar-refractivity contribution in [2.75, 3.05) is 5.73 Å². The number of alkyl halides is 3. The number of hydrogen-bond acceptors (Lipinski definition) is 2. The summed E-state index contributed by atoms with van der Waals surface area (Å²) in [6, 6.07) is 0. The van der Waals surface area contributed by atoms with Crippen LogP contribution in [0.4, 0.5) is 18.9 Å². The first-order valence-electron chi connectivity index (χ1n) is 2.11. The minimum atomic E-state index is -4.42. The van der Waals surface area contributed by atoms with Gasteiger partial charge in [-0.05, 0) is 0 Å². The molecular weight excluding hydrogens is 133 g/mol. The predicted molar refractivity (Wildman–Crippen MR) is 24.1 cm³/mol. The van der Waals surface area contributed by atoms with Crippen LogP contribution >= 0.6 is 0 Å². The maximum Gasteiger partial charge on any atom is 0.420 e. The lowest BCUT2D eigenvalue weighted by Gasteiger charge is -1.94. The quantitative estimate of drug-likeness (QED) is 0.540. The minimum Gasteiger partial charge on any atom is -0.396 e. The third kappa shape index (κ3) is 0.778. The SMILES string of the molecule is N=c1c(N)c1C(F)(F)F. The van der Waals surface area contributed by atoms with Gasteiger partial charge in [-0.2, -0.15) is 13.2 Å². The van der Waals surface area contributed by atoms with Crippen molar-refractivity contribution in [1.29, 1.82) is 5.41 Å². The van der Waals surface area contributed by atoms with E-state index in [-0.39, 0.29) is 0 Å². The Balaban J connectivity index is 2.93. The molecule has 1 aromatic rings. The van der Waals surface area contributed by atoms with Crippen molar-refractivity contribution in [2.45, 2.75) is 6.18 Å². The van der Waals surface area contributed by atoms with Crippen molar-refractivity contribution in [3.05, 3.63) is 10.9 Å². The topological polar surface area (TPSA) is 49.9 Å². The van der Waals surface area contributed by atoms with Crippen LogP contribution < -0.4 is 11.1 Å². The fourth-order valence-electron chi connectivity index (χ4n) is 0.496. The molecule has 0 unspecified atom stereocenters. The molecule has 0 aromatic heterocycles. The van der Waals surface area contributed by atoms with Gasteiger partial charge >= 0.3 is 6.18 Å². The molecule has 3 N–H and O–H groups in total. The zero-order valence-corrected chi connectivity index (χ0v) is 4.21. The highest BCUT2D eigenvalue weighted by Gasteiger charge is 2.41. The molecule has 0 saturated heterocycles. The molecule has 1 aromatic carbocycles. The number of nitrogen functional groups attached to an aromatic ring is 1. The van der Waals surface area contributed by atoms with Crippen LogP contribution in [0.2, 0.25) is 0 Å². The Hall–Kier alpha value is -1.00. The van der Waals surface area contributed by atoms with Gasteiger partial charge in [-0.3, -0.25) is 5.41 Å². The van der Waals surface area contributed by atoms with Crippen LogP contribution in [0.15, 0.2) is 0 Å². The van der Waals surface area contributed by atoms with Gasteiger partial charge < -0.3 is 5.73 Å². The molecule has 0 atom stereocenters. The molecule has 0 amide bonds. The number of nitrogens with one attached hydrogen (secondary N) is 1. The van der Waals surface area contributed by atoms with Gasteiger partial charge in [0.25, 0.3) is 0 Å². The van der Waals surface area contributed by atoms with Crippen molar-refractivity contribution in [3.63, 3.8) is 0 Å². The van der Waals surface area contributed by atoms with E-state index in [2.05, 4.69) is 0 Å². The summed E-state index contributed by atoms with van der Waals surface area (Å²) in [6.07, 6.45) is -4.42. The van der Waals surface area contributed by atoms with Crippen LogP contribution in [0.3, 0.4) is 0 Å². The molecule has 2 nitrogen and oxygen atoms in total. The summed E-state index contributed by atoms with van der Waals surface area (Å²) in [5, 5.41) is 5.94. The van der Waals surface area contributed by atoms with Gasteiger partial charge in [-0.1, -0.05) is 0 Å². The molecule has 0 aliphatic carbocycles. The summed E-state index contributed by atoms with van der Waals surface area (Å²) >= 11 is 0. The Bertz CT molecular complexity index is 240. The lowest BCUT2D eigenvalue weighted by atomic mass is 10.5. The highest BCUT2D eigenvalue weighted by atomic mass is 19.4. The van der Waals surface area contributed by atoms with Crippen molar-refractivity contribution in [3.8, 4) is 0 Å². The van der Waals surface area contributed by atoms with Gasteiger partial charge in [0.1, 0.15) is 5.56 Å². The van der Waals surface area contributed by atoms with E-state index in [0.717, 1.165) is 0 Å². The second-order valence-corrected chi connectivity index (χ2v) is 1.66. The average Bonchev–Trinajstić information content (AvgIpc) is 2.11. The highest BCUT2D eigenvalue weighted by Crippen LogP contribution is 2.34. The van der Waals surface area contributed by atoms with Gasteiger partial charge in [0.2, 0.25) is 0 Å². The van der Waals surface area contributed by atoms with Crippen molar-refractivity contribution in [1.82, 2.24) is 0 Å². The predicted octanol–water partition coefficient (Wildman–Crippen LogP) is 0.643. The summed E-state index contributed by atoms with van der Waals surface area (Å²) in [4.78, 5) is 0. The summed E-state index contributed by atoms with van der Waals surface area (Å²) in [5.41, 5.74) is 3.33. The van der Waals surface area contributed by atoms with Crippen LogP contribution in [0, 0.1) is 5.41 Å². The first-order valence-corrected chi connectivity index (χ1v) is 2.11. The van der Waals surface area contributed by atoms with Crippen LogP contribution in [0.1, 0.15) is 5.56 Å². The second kappa shape index (κ2) is 1.29. The molecule has 50 valence electrons. The van der Waals surface area contributed by atoms with E-state index in [0.29, 0.717) is 0 Å². The normalized spacial score (nSPS) is 12.8. The number of hydrogen-bond donors (Lipinski definition) is 2. The third-order valence-electron chi connectivity index (χ3n) is 1.01. The van der Waals surface area contributed by atoms with Gasteiger partial charge in [-0.25, -0.2) is 0 Å². The summed E-state index contributed by atoms with van der Waals surface area (Å²) in [5.74, 6) is 0. The molecule has 5 heteroatoms. The zero-order chi connectivity index (χ0) is 7.23. The summed E-state index contributed by atoms with van der Waals surface area (Å²) in [6.45, 7) is 0. The molecule has 0 bridgehead atoms. The van der Waals surface area contributed by atoms with E-state index in [1.807, 2.05) is 0 Å². The van der Waals surface area contributed by atoms with E-state index in [9.17, 15) is 13.2 Å².